The fourth-order valence-corrected chi connectivity index (χ4v) is 4.37. The van der Waals surface area contributed by atoms with E-state index in [1.54, 1.807) is 17.0 Å². The number of carboxylic acid groups (broad SMARTS) is 1. The molecule has 1 unspecified atom stereocenters. The molecule has 7 nitrogen and oxygen atoms in total. The zero-order valence-corrected chi connectivity index (χ0v) is 15.9. The van der Waals surface area contributed by atoms with Crippen molar-refractivity contribution in [2.45, 2.75) is 56.8 Å². The summed E-state index contributed by atoms with van der Waals surface area (Å²) >= 11 is 0. The minimum absolute atomic E-state index is 0.119. The summed E-state index contributed by atoms with van der Waals surface area (Å²) in [7, 11) is 0. The van der Waals surface area contributed by atoms with Crippen LogP contribution < -0.4 is 0 Å². The van der Waals surface area contributed by atoms with Crippen LogP contribution in [0.4, 0.5) is 0 Å². The maximum atomic E-state index is 12.9. The lowest BCUT2D eigenvalue weighted by Gasteiger charge is -2.31. The van der Waals surface area contributed by atoms with E-state index in [2.05, 4.69) is 10.2 Å². The fraction of sp³-hybridized carbons (Fsp3) is 0.524. The summed E-state index contributed by atoms with van der Waals surface area (Å²) in [5, 5.41) is 16.8. The fourth-order valence-electron chi connectivity index (χ4n) is 4.37. The van der Waals surface area contributed by atoms with E-state index >= 15 is 0 Å². The summed E-state index contributed by atoms with van der Waals surface area (Å²) in [6, 6.07) is 6.23. The van der Waals surface area contributed by atoms with Crippen molar-refractivity contribution in [1.82, 2.24) is 20.1 Å². The van der Waals surface area contributed by atoms with Crippen LogP contribution in [0.3, 0.4) is 0 Å². The van der Waals surface area contributed by atoms with Gasteiger partial charge in [-0.25, -0.2) is 9.78 Å². The number of carbonyl (C=O) groups is 2. The van der Waals surface area contributed by atoms with Crippen molar-refractivity contribution in [2.75, 3.05) is 13.1 Å². The van der Waals surface area contributed by atoms with Crippen molar-refractivity contribution in [3.05, 3.63) is 47.0 Å². The van der Waals surface area contributed by atoms with Crippen molar-refractivity contribution in [3.63, 3.8) is 0 Å². The number of carboxylic acids is 1. The molecule has 2 N–H and O–H groups in total. The first-order valence-corrected chi connectivity index (χ1v) is 10.2. The number of benzene rings is 1. The van der Waals surface area contributed by atoms with Gasteiger partial charge >= 0.3 is 5.97 Å². The monoisotopic (exact) mass is 382 g/mol. The molecule has 2 aromatic rings. The van der Waals surface area contributed by atoms with Crippen LogP contribution in [0.2, 0.25) is 0 Å². The van der Waals surface area contributed by atoms with Crippen LogP contribution in [0.25, 0.3) is 0 Å². The molecule has 0 spiro atoms. The van der Waals surface area contributed by atoms with Crippen LogP contribution in [0, 0.1) is 0 Å². The average molecular weight is 382 g/mol. The molecule has 2 heterocycles. The standard InChI is InChI=1S/C21H26N4O3/c26-20(15-8-4-9-16(12-15)21(27)28)25-11-5-10-17(13-25)19-22-18(23-24-19)14-6-2-1-3-7-14/h4,8-9,12,14,17H,1-3,5-7,10-11,13H2,(H,27,28)(H,22,23,24). The Morgan fingerprint density at radius 3 is 2.57 bits per heavy atom. The van der Waals surface area contributed by atoms with E-state index in [4.69, 9.17) is 10.1 Å². The zero-order chi connectivity index (χ0) is 19.5. The van der Waals surface area contributed by atoms with Crippen LogP contribution in [0.1, 0.15) is 89.1 Å². The number of rotatable bonds is 4. The van der Waals surface area contributed by atoms with E-state index in [0.717, 1.165) is 24.5 Å². The smallest absolute Gasteiger partial charge is 0.335 e. The number of nitrogens with zero attached hydrogens (tertiary/aromatic N) is 3. The molecule has 0 radical (unpaired) electrons. The largest absolute Gasteiger partial charge is 0.478 e. The zero-order valence-electron chi connectivity index (χ0n) is 15.9. The molecule has 1 saturated carbocycles. The van der Waals surface area contributed by atoms with Gasteiger partial charge in [0.15, 0.2) is 5.82 Å². The highest BCUT2D eigenvalue weighted by molar-refractivity contribution is 5.97. The first kappa shape index (κ1) is 18.7. The molecular weight excluding hydrogens is 356 g/mol. The maximum absolute atomic E-state index is 12.9. The summed E-state index contributed by atoms with van der Waals surface area (Å²) in [5.74, 6) is 1.24. The molecule has 1 atom stereocenters. The minimum atomic E-state index is -1.03. The third-order valence-electron chi connectivity index (χ3n) is 5.94. The van der Waals surface area contributed by atoms with Gasteiger partial charge in [0.05, 0.1) is 5.56 Å². The molecule has 7 heteroatoms. The van der Waals surface area contributed by atoms with Gasteiger partial charge in [-0.2, -0.15) is 5.10 Å². The number of aromatic carboxylic acids is 1. The lowest BCUT2D eigenvalue weighted by Crippen LogP contribution is -2.39. The van der Waals surface area contributed by atoms with E-state index in [1.807, 2.05) is 0 Å². The average Bonchev–Trinajstić information content (AvgIpc) is 3.24. The molecule has 2 aliphatic rings. The molecule has 0 bridgehead atoms. The highest BCUT2D eigenvalue weighted by Crippen LogP contribution is 2.32. The van der Waals surface area contributed by atoms with Gasteiger partial charge in [0.1, 0.15) is 5.82 Å². The molecule has 1 aromatic carbocycles. The van der Waals surface area contributed by atoms with Crippen molar-refractivity contribution < 1.29 is 14.7 Å². The third-order valence-corrected chi connectivity index (χ3v) is 5.94. The first-order valence-electron chi connectivity index (χ1n) is 10.2. The van der Waals surface area contributed by atoms with E-state index in [9.17, 15) is 9.59 Å². The Kier molecular flexibility index (Phi) is 5.41. The maximum Gasteiger partial charge on any atom is 0.335 e. The number of likely N-dealkylation sites (tertiary alicyclic amines) is 1. The van der Waals surface area contributed by atoms with E-state index < -0.39 is 5.97 Å². The predicted octanol–water partition coefficient (Wildman–Crippen LogP) is 3.57. The molecule has 1 amide bonds. The van der Waals surface area contributed by atoms with Gasteiger partial charge in [-0.1, -0.05) is 25.3 Å². The predicted molar refractivity (Wildman–Crippen MR) is 103 cm³/mol. The number of piperidine rings is 1. The Morgan fingerprint density at radius 1 is 1.04 bits per heavy atom. The SMILES string of the molecule is O=C(O)c1cccc(C(=O)N2CCCC(c3n[nH]c(C4CCCCC4)n3)C2)c1. The van der Waals surface area contributed by atoms with Crippen LogP contribution in [-0.2, 0) is 0 Å². The van der Waals surface area contributed by atoms with Gasteiger partial charge in [0.25, 0.3) is 5.91 Å². The van der Waals surface area contributed by atoms with Gasteiger partial charge in [-0.15, -0.1) is 0 Å². The summed E-state index contributed by atoms with van der Waals surface area (Å²) in [5.41, 5.74) is 0.545. The molecule has 1 aromatic heterocycles. The second kappa shape index (κ2) is 8.12. The number of hydrogen-bond donors (Lipinski definition) is 2. The number of aromatic amines is 1. The van der Waals surface area contributed by atoms with Crippen molar-refractivity contribution in [1.29, 1.82) is 0 Å². The Hall–Kier alpha value is -2.70. The van der Waals surface area contributed by atoms with Gasteiger partial charge in [0.2, 0.25) is 0 Å². The second-order valence-electron chi connectivity index (χ2n) is 7.89. The van der Waals surface area contributed by atoms with E-state index in [0.29, 0.717) is 24.6 Å². The normalized spacial score (nSPS) is 20.9. The number of aromatic nitrogens is 3. The molecule has 2 fully saturated rings. The van der Waals surface area contributed by atoms with E-state index in [1.165, 1.54) is 44.2 Å². The lowest BCUT2D eigenvalue weighted by atomic mass is 9.89. The van der Waals surface area contributed by atoms with Crippen molar-refractivity contribution in [2.24, 2.45) is 0 Å². The lowest BCUT2D eigenvalue weighted by molar-refractivity contribution is 0.0697. The van der Waals surface area contributed by atoms with E-state index in [-0.39, 0.29) is 17.4 Å². The summed E-state index contributed by atoms with van der Waals surface area (Å²) in [6.45, 7) is 1.24. The highest BCUT2D eigenvalue weighted by Gasteiger charge is 2.29. The van der Waals surface area contributed by atoms with Crippen LogP contribution in [0.5, 0.6) is 0 Å². The molecular formula is C21H26N4O3. The topological polar surface area (TPSA) is 99.2 Å². The van der Waals surface area contributed by atoms with Gasteiger partial charge in [-0.05, 0) is 43.9 Å². The summed E-state index contributed by atoms with van der Waals surface area (Å²) in [4.78, 5) is 30.6. The Balaban J connectivity index is 1.45. The summed E-state index contributed by atoms with van der Waals surface area (Å²) < 4.78 is 0. The molecule has 4 rings (SSSR count). The molecule has 1 saturated heterocycles. The number of carbonyl (C=O) groups excluding carboxylic acids is 1. The molecule has 1 aliphatic heterocycles. The van der Waals surface area contributed by atoms with Crippen molar-refractivity contribution >= 4 is 11.9 Å². The molecule has 148 valence electrons. The Labute approximate surface area is 164 Å². The Morgan fingerprint density at radius 2 is 1.79 bits per heavy atom. The first-order chi connectivity index (χ1) is 13.6. The number of hydrogen-bond acceptors (Lipinski definition) is 4. The highest BCUT2D eigenvalue weighted by atomic mass is 16.4. The number of nitrogens with one attached hydrogen (secondary N) is 1. The van der Waals surface area contributed by atoms with Gasteiger partial charge in [0, 0.05) is 30.5 Å². The molecule has 28 heavy (non-hydrogen) atoms. The van der Waals surface area contributed by atoms with Crippen LogP contribution in [-0.4, -0.2) is 50.2 Å². The molecule has 1 aliphatic carbocycles. The van der Waals surface area contributed by atoms with Crippen LogP contribution in [0.15, 0.2) is 24.3 Å². The quantitative estimate of drug-likeness (QED) is 0.842. The van der Waals surface area contributed by atoms with Crippen molar-refractivity contribution in [3.8, 4) is 0 Å². The minimum Gasteiger partial charge on any atom is -0.478 e. The number of H-pyrrole nitrogens is 1. The van der Waals surface area contributed by atoms with Gasteiger partial charge < -0.3 is 10.0 Å². The Bertz CT molecular complexity index is 857. The second-order valence-corrected chi connectivity index (χ2v) is 7.89. The van der Waals surface area contributed by atoms with Crippen LogP contribution >= 0.6 is 0 Å². The van der Waals surface area contributed by atoms with Gasteiger partial charge in [-0.3, -0.25) is 9.89 Å². The summed E-state index contributed by atoms with van der Waals surface area (Å²) in [6.07, 6.45) is 8.00. The third kappa shape index (κ3) is 3.93. The number of amides is 1.